The van der Waals surface area contributed by atoms with Crippen LogP contribution in [-0.2, 0) is 6.54 Å². The molecule has 1 aromatic carbocycles. The third-order valence-corrected chi connectivity index (χ3v) is 2.13. The lowest BCUT2D eigenvalue weighted by Gasteiger charge is -2.05. The van der Waals surface area contributed by atoms with Crippen LogP contribution >= 0.6 is 11.8 Å². The number of hydrogen-bond donors (Lipinski definition) is 1. The van der Waals surface area contributed by atoms with Gasteiger partial charge < -0.3 is 5.73 Å². The van der Waals surface area contributed by atoms with E-state index >= 15 is 0 Å². The molecular weight excluding hydrogens is 199 g/mol. The second kappa shape index (κ2) is 4.02. The Morgan fingerprint density at radius 3 is 2.08 bits per heavy atom. The lowest BCUT2D eigenvalue weighted by atomic mass is 10.2. The average molecular weight is 207 g/mol. The highest BCUT2D eigenvalue weighted by Crippen LogP contribution is 2.36. The molecule has 0 atom stereocenters. The van der Waals surface area contributed by atoms with Gasteiger partial charge in [0, 0.05) is 11.4 Å². The van der Waals surface area contributed by atoms with Crippen LogP contribution in [-0.4, -0.2) is 5.51 Å². The molecule has 0 spiro atoms. The standard InChI is InChI=1S/C8H8F3NS/c9-8(10,11)13-7-3-1-6(5-12)2-4-7/h1-4H,5,12H2. The van der Waals surface area contributed by atoms with Crippen LogP contribution in [0.25, 0.3) is 0 Å². The van der Waals surface area contributed by atoms with E-state index in [2.05, 4.69) is 0 Å². The number of thioether (sulfide) groups is 1. The molecule has 0 saturated carbocycles. The van der Waals surface area contributed by atoms with E-state index in [9.17, 15) is 13.2 Å². The summed E-state index contributed by atoms with van der Waals surface area (Å²) in [5.41, 5.74) is 1.91. The van der Waals surface area contributed by atoms with Gasteiger partial charge in [0.2, 0.25) is 0 Å². The predicted octanol–water partition coefficient (Wildman–Crippen LogP) is 2.76. The van der Waals surface area contributed by atoms with Gasteiger partial charge in [0.05, 0.1) is 0 Å². The van der Waals surface area contributed by atoms with Crippen molar-refractivity contribution in [3.8, 4) is 0 Å². The Morgan fingerprint density at radius 1 is 1.15 bits per heavy atom. The summed E-state index contributed by atoms with van der Waals surface area (Å²) in [5, 5.41) is 0. The van der Waals surface area contributed by atoms with Crippen molar-refractivity contribution in [1.82, 2.24) is 0 Å². The number of nitrogens with two attached hydrogens (primary N) is 1. The maximum atomic E-state index is 11.9. The van der Waals surface area contributed by atoms with Crippen LogP contribution in [0.1, 0.15) is 5.56 Å². The highest BCUT2D eigenvalue weighted by Gasteiger charge is 2.28. The van der Waals surface area contributed by atoms with E-state index in [1.54, 1.807) is 12.1 Å². The Kier molecular flexibility index (Phi) is 3.22. The molecule has 0 radical (unpaired) electrons. The number of rotatable bonds is 2. The van der Waals surface area contributed by atoms with Crippen LogP contribution in [0.5, 0.6) is 0 Å². The SMILES string of the molecule is NCc1ccc(SC(F)(F)F)cc1. The van der Waals surface area contributed by atoms with Crippen molar-refractivity contribution < 1.29 is 13.2 Å². The minimum Gasteiger partial charge on any atom is -0.326 e. The van der Waals surface area contributed by atoms with Gasteiger partial charge in [0.15, 0.2) is 0 Å². The third kappa shape index (κ3) is 3.69. The number of benzene rings is 1. The first-order valence-electron chi connectivity index (χ1n) is 3.56. The highest BCUT2D eigenvalue weighted by atomic mass is 32.2. The predicted molar refractivity (Wildman–Crippen MR) is 46.2 cm³/mol. The summed E-state index contributed by atoms with van der Waals surface area (Å²) in [5.74, 6) is 0. The van der Waals surface area contributed by atoms with Gasteiger partial charge in [-0.3, -0.25) is 0 Å². The number of hydrogen-bond acceptors (Lipinski definition) is 2. The molecule has 0 aromatic heterocycles. The molecule has 0 unspecified atom stereocenters. The Bertz CT molecular complexity index is 268. The Hall–Kier alpha value is -0.680. The van der Waals surface area contributed by atoms with Gasteiger partial charge in [-0.1, -0.05) is 12.1 Å². The fraction of sp³-hybridized carbons (Fsp3) is 0.250. The number of alkyl halides is 3. The van der Waals surface area contributed by atoms with Gasteiger partial charge in [0.25, 0.3) is 0 Å². The van der Waals surface area contributed by atoms with Crippen molar-refractivity contribution in [3.05, 3.63) is 29.8 Å². The van der Waals surface area contributed by atoms with Crippen LogP contribution < -0.4 is 5.73 Å². The normalized spacial score (nSPS) is 11.7. The lowest BCUT2D eigenvalue weighted by molar-refractivity contribution is -0.0328. The lowest BCUT2D eigenvalue weighted by Crippen LogP contribution is -1.99. The molecule has 0 heterocycles. The summed E-state index contributed by atoms with van der Waals surface area (Å²) >= 11 is -0.121. The van der Waals surface area contributed by atoms with E-state index in [4.69, 9.17) is 5.73 Å². The van der Waals surface area contributed by atoms with Gasteiger partial charge in [-0.15, -0.1) is 0 Å². The average Bonchev–Trinajstić information content (AvgIpc) is 2.03. The first kappa shape index (κ1) is 10.4. The Balaban J connectivity index is 2.70. The maximum absolute atomic E-state index is 11.9. The van der Waals surface area contributed by atoms with Gasteiger partial charge in [-0.05, 0) is 29.5 Å². The summed E-state index contributed by atoms with van der Waals surface area (Å²) in [6.45, 7) is 0.344. The zero-order valence-corrected chi connectivity index (χ0v) is 7.45. The van der Waals surface area contributed by atoms with E-state index in [-0.39, 0.29) is 16.7 Å². The first-order chi connectivity index (χ1) is 6.01. The van der Waals surface area contributed by atoms with Crippen LogP contribution in [0.3, 0.4) is 0 Å². The molecule has 13 heavy (non-hydrogen) atoms. The van der Waals surface area contributed by atoms with Crippen molar-refractivity contribution in [3.63, 3.8) is 0 Å². The van der Waals surface area contributed by atoms with Crippen molar-refractivity contribution in [1.29, 1.82) is 0 Å². The fourth-order valence-corrected chi connectivity index (χ4v) is 1.37. The van der Waals surface area contributed by atoms with E-state index < -0.39 is 5.51 Å². The smallest absolute Gasteiger partial charge is 0.326 e. The molecule has 0 aliphatic heterocycles. The molecule has 0 amide bonds. The van der Waals surface area contributed by atoms with Crippen molar-refractivity contribution in [2.24, 2.45) is 5.73 Å². The fourth-order valence-electron chi connectivity index (χ4n) is 0.827. The number of halogens is 3. The second-order valence-corrected chi connectivity index (χ2v) is 3.53. The van der Waals surface area contributed by atoms with Gasteiger partial charge in [0.1, 0.15) is 0 Å². The largest absolute Gasteiger partial charge is 0.446 e. The van der Waals surface area contributed by atoms with E-state index in [0.717, 1.165) is 5.56 Å². The molecular formula is C8H8F3NS. The van der Waals surface area contributed by atoms with E-state index in [1.807, 2.05) is 0 Å². The molecule has 1 rings (SSSR count). The van der Waals surface area contributed by atoms with Crippen molar-refractivity contribution in [2.45, 2.75) is 16.9 Å². The second-order valence-electron chi connectivity index (χ2n) is 2.40. The van der Waals surface area contributed by atoms with E-state index in [1.165, 1.54) is 12.1 Å². The van der Waals surface area contributed by atoms with Gasteiger partial charge in [-0.25, -0.2) is 0 Å². The molecule has 0 fully saturated rings. The summed E-state index contributed by atoms with van der Waals surface area (Å²) in [7, 11) is 0. The first-order valence-corrected chi connectivity index (χ1v) is 4.37. The molecule has 5 heteroatoms. The van der Waals surface area contributed by atoms with Crippen LogP contribution in [0.2, 0.25) is 0 Å². The van der Waals surface area contributed by atoms with Crippen LogP contribution in [0, 0.1) is 0 Å². The highest BCUT2D eigenvalue weighted by molar-refractivity contribution is 8.00. The molecule has 0 bridgehead atoms. The minimum absolute atomic E-state index is 0.121. The Labute approximate surface area is 78.1 Å². The summed E-state index contributed by atoms with van der Waals surface area (Å²) in [6.07, 6.45) is 0. The Morgan fingerprint density at radius 2 is 1.69 bits per heavy atom. The van der Waals surface area contributed by atoms with Crippen LogP contribution in [0.4, 0.5) is 13.2 Å². The molecule has 2 N–H and O–H groups in total. The zero-order chi connectivity index (χ0) is 9.90. The molecule has 72 valence electrons. The summed E-state index contributed by atoms with van der Waals surface area (Å²) in [6, 6.07) is 6.02. The molecule has 0 aliphatic rings. The summed E-state index contributed by atoms with van der Waals surface area (Å²) < 4.78 is 35.6. The molecule has 0 saturated heterocycles. The van der Waals surface area contributed by atoms with E-state index in [0.29, 0.717) is 6.54 Å². The quantitative estimate of drug-likeness (QED) is 0.754. The molecule has 0 aliphatic carbocycles. The zero-order valence-electron chi connectivity index (χ0n) is 6.64. The topological polar surface area (TPSA) is 26.0 Å². The van der Waals surface area contributed by atoms with Crippen molar-refractivity contribution >= 4 is 11.8 Å². The minimum atomic E-state index is -4.22. The molecule has 1 aromatic rings. The van der Waals surface area contributed by atoms with Gasteiger partial charge in [-0.2, -0.15) is 13.2 Å². The third-order valence-electron chi connectivity index (χ3n) is 1.39. The maximum Gasteiger partial charge on any atom is 0.446 e. The van der Waals surface area contributed by atoms with Gasteiger partial charge >= 0.3 is 5.51 Å². The molecule has 1 nitrogen and oxygen atoms in total. The van der Waals surface area contributed by atoms with Crippen LogP contribution in [0.15, 0.2) is 29.2 Å². The monoisotopic (exact) mass is 207 g/mol. The van der Waals surface area contributed by atoms with Crippen molar-refractivity contribution in [2.75, 3.05) is 0 Å². The summed E-state index contributed by atoms with van der Waals surface area (Å²) in [4.78, 5) is 0.185.